The van der Waals surface area contributed by atoms with Gasteiger partial charge in [-0.25, -0.2) is 0 Å². The smallest absolute Gasteiger partial charge is 0.317 e. The van der Waals surface area contributed by atoms with E-state index in [0.29, 0.717) is 0 Å². The molecule has 0 aliphatic heterocycles. The van der Waals surface area contributed by atoms with E-state index in [1.165, 1.54) is 4.90 Å². The van der Waals surface area contributed by atoms with Crippen LogP contribution >= 0.6 is 0 Å². The van der Waals surface area contributed by atoms with Crippen LogP contribution in [0.5, 0.6) is 0 Å². The quantitative estimate of drug-likeness (QED) is 0.679. The third kappa shape index (κ3) is 6.59. The molecular weight excluding hydrogens is 220 g/mol. The van der Waals surface area contributed by atoms with Crippen molar-refractivity contribution in [3.05, 3.63) is 0 Å². The van der Waals surface area contributed by atoms with Gasteiger partial charge in [0.05, 0.1) is 19.1 Å². The van der Waals surface area contributed by atoms with Gasteiger partial charge in [0.1, 0.15) is 0 Å². The summed E-state index contributed by atoms with van der Waals surface area (Å²) in [5, 5.41) is 11.5. The molecule has 0 aliphatic carbocycles. The standard InChI is InChI=1S/C12H20N2O3/c1-6-7-14(8-10(15)16)9(2)11(17)13-12(3,4)5/h1,9H,7-8H2,2-5H3,(H,13,17)(H,15,16). The molecule has 0 saturated heterocycles. The summed E-state index contributed by atoms with van der Waals surface area (Å²) < 4.78 is 0. The van der Waals surface area contributed by atoms with Crippen molar-refractivity contribution in [1.29, 1.82) is 0 Å². The van der Waals surface area contributed by atoms with Crippen LogP contribution in [0.15, 0.2) is 0 Å². The largest absolute Gasteiger partial charge is 0.480 e. The van der Waals surface area contributed by atoms with E-state index in [-0.39, 0.29) is 24.5 Å². The minimum atomic E-state index is -1.00. The van der Waals surface area contributed by atoms with Crippen molar-refractivity contribution < 1.29 is 14.7 Å². The Hall–Kier alpha value is -1.54. The van der Waals surface area contributed by atoms with Crippen LogP contribution in [0.25, 0.3) is 0 Å². The van der Waals surface area contributed by atoms with Gasteiger partial charge in [-0.3, -0.25) is 14.5 Å². The fourth-order valence-corrected chi connectivity index (χ4v) is 1.26. The molecule has 5 nitrogen and oxygen atoms in total. The van der Waals surface area contributed by atoms with Gasteiger partial charge in [-0.1, -0.05) is 5.92 Å². The van der Waals surface area contributed by atoms with E-state index in [0.717, 1.165) is 0 Å². The van der Waals surface area contributed by atoms with E-state index in [1.807, 2.05) is 20.8 Å². The molecule has 1 unspecified atom stereocenters. The number of hydrogen-bond acceptors (Lipinski definition) is 3. The number of carbonyl (C=O) groups is 2. The molecule has 5 heteroatoms. The van der Waals surface area contributed by atoms with E-state index in [1.54, 1.807) is 6.92 Å². The third-order valence-corrected chi connectivity index (χ3v) is 2.06. The van der Waals surface area contributed by atoms with Gasteiger partial charge in [0.2, 0.25) is 5.91 Å². The van der Waals surface area contributed by atoms with E-state index in [4.69, 9.17) is 11.5 Å². The zero-order chi connectivity index (χ0) is 13.6. The number of amides is 1. The Morgan fingerprint density at radius 2 is 2.00 bits per heavy atom. The predicted molar refractivity (Wildman–Crippen MR) is 65.4 cm³/mol. The molecular formula is C12H20N2O3. The predicted octanol–water partition coefficient (Wildman–Crippen LogP) is 0.309. The molecule has 0 aromatic heterocycles. The van der Waals surface area contributed by atoms with E-state index >= 15 is 0 Å². The average molecular weight is 240 g/mol. The first-order valence-corrected chi connectivity index (χ1v) is 5.38. The molecule has 0 aromatic carbocycles. The van der Waals surface area contributed by atoms with E-state index in [2.05, 4.69) is 11.2 Å². The molecule has 0 aromatic rings. The number of aliphatic carboxylic acids is 1. The Bertz CT molecular complexity index is 326. The zero-order valence-corrected chi connectivity index (χ0v) is 10.8. The highest BCUT2D eigenvalue weighted by Crippen LogP contribution is 2.04. The van der Waals surface area contributed by atoms with Gasteiger partial charge < -0.3 is 10.4 Å². The fraction of sp³-hybridized carbons (Fsp3) is 0.667. The van der Waals surface area contributed by atoms with Crippen LogP contribution in [0.4, 0.5) is 0 Å². The molecule has 17 heavy (non-hydrogen) atoms. The molecule has 1 amide bonds. The number of carboxylic acids is 1. The van der Waals surface area contributed by atoms with Crippen molar-refractivity contribution in [2.45, 2.75) is 39.3 Å². The molecule has 2 N–H and O–H groups in total. The van der Waals surface area contributed by atoms with E-state index < -0.39 is 12.0 Å². The molecule has 0 bridgehead atoms. The number of terminal acetylenes is 1. The van der Waals surface area contributed by atoms with Gasteiger partial charge >= 0.3 is 5.97 Å². The van der Waals surface area contributed by atoms with Crippen molar-refractivity contribution in [3.63, 3.8) is 0 Å². The Morgan fingerprint density at radius 3 is 2.35 bits per heavy atom. The van der Waals surface area contributed by atoms with Crippen LogP contribution in [0.1, 0.15) is 27.7 Å². The summed E-state index contributed by atoms with van der Waals surface area (Å²) in [7, 11) is 0. The highest BCUT2D eigenvalue weighted by Gasteiger charge is 2.25. The first-order chi connectivity index (χ1) is 7.67. The maximum atomic E-state index is 11.8. The summed E-state index contributed by atoms with van der Waals surface area (Å²) in [4.78, 5) is 23.9. The van der Waals surface area contributed by atoms with Crippen LogP contribution in [-0.4, -0.2) is 46.6 Å². The summed E-state index contributed by atoms with van der Waals surface area (Å²) in [6.45, 7) is 7.11. The highest BCUT2D eigenvalue weighted by molar-refractivity contribution is 5.82. The summed E-state index contributed by atoms with van der Waals surface area (Å²) in [5.74, 6) is 1.12. The lowest BCUT2D eigenvalue weighted by atomic mass is 10.1. The summed E-state index contributed by atoms with van der Waals surface area (Å²) in [5.41, 5.74) is -0.351. The van der Waals surface area contributed by atoms with Gasteiger partial charge in [-0.2, -0.15) is 0 Å². The minimum Gasteiger partial charge on any atom is -0.480 e. The molecule has 0 rings (SSSR count). The van der Waals surface area contributed by atoms with Gasteiger partial charge in [-0.15, -0.1) is 6.42 Å². The molecule has 0 radical (unpaired) electrons. The van der Waals surface area contributed by atoms with Crippen molar-refractivity contribution in [2.24, 2.45) is 0 Å². The Morgan fingerprint density at radius 1 is 1.47 bits per heavy atom. The zero-order valence-electron chi connectivity index (χ0n) is 10.8. The second-order valence-corrected chi connectivity index (χ2v) is 4.92. The van der Waals surface area contributed by atoms with E-state index in [9.17, 15) is 9.59 Å². The highest BCUT2D eigenvalue weighted by atomic mass is 16.4. The molecule has 96 valence electrons. The number of rotatable bonds is 5. The molecule has 0 spiro atoms. The SMILES string of the molecule is C#CCN(CC(=O)O)C(C)C(=O)NC(C)(C)C. The average Bonchev–Trinajstić information content (AvgIpc) is 2.12. The summed E-state index contributed by atoms with van der Waals surface area (Å²) in [6.07, 6.45) is 5.15. The van der Waals surface area contributed by atoms with Gasteiger partial charge in [-0.05, 0) is 27.7 Å². The molecule has 0 saturated carbocycles. The second kappa shape index (κ2) is 6.26. The topological polar surface area (TPSA) is 69.6 Å². The fourth-order valence-electron chi connectivity index (χ4n) is 1.26. The number of carbonyl (C=O) groups excluding carboxylic acids is 1. The lowest BCUT2D eigenvalue weighted by molar-refractivity contribution is -0.139. The molecule has 1 atom stereocenters. The van der Waals surface area contributed by atoms with Crippen molar-refractivity contribution in [2.75, 3.05) is 13.1 Å². The molecule has 0 fully saturated rings. The second-order valence-electron chi connectivity index (χ2n) is 4.92. The van der Waals surface area contributed by atoms with Crippen LogP contribution in [0.2, 0.25) is 0 Å². The maximum Gasteiger partial charge on any atom is 0.317 e. The van der Waals surface area contributed by atoms with Crippen molar-refractivity contribution >= 4 is 11.9 Å². The lowest BCUT2D eigenvalue weighted by Gasteiger charge is -2.28. The van der Waals surface area contributed by atoms with Crippen molar-refractivity contribution in [3.8, 4) is 12.3 Å². The lowest BCUT2D eigenvalue weighted by Crippen LogP contribution is -2.52. The number of nitrogens with zero attached hydrogens (tertiary/aromatic N) is 1. The van der Waals surface area contributed by atoms with Crippen LogP contribution in [-0.2, 0) is 9.59 Å². The molecule has 0 aliphatic rings. The Balaban J connectivity index is 4.61. The Labute approximate surface area is 102 Å². The normalized spacial score (nSPS) is 12.9. The first-order valence-electron chi connectivity index (χ1n) is 5.38. The minimum absolute atomic E-state index is 0.130. The third-order valence-electron chi connectivity index (χ3n) is 2.06. The van der Waals surface area contributed by atoms with Crippen LogP contribution in [0, 0.1) is 12.3 Å². The molecule has 0 heterocycles. The Kier molecular flexibility index (Phi) is 5.69. The van der Waals surface area contributed by atoms with Crippen LogP contribution < -0.4 is 5.32 Å². The maximum absolute atomic E-state index is 11.8. The number of carboxylic acid groups (broad SMARTS) is 1. The van der Waals surface area contributed by atoms with Gasteiger partial charge in [0, 0.05) is 5.54 Å². The van der Waals surface area contributed by atoms with Gasteiger partial charge in [0.25, 0.3) is 0 Å². The number of hydrogen-bond donors (Lipinski definition) is 2. The monoisotopic (exact) mass is 240 g/mol. The first kappa shape index (κ1) is 15.5. The summed E-state index contributed by atoms with van der Waals surface area (Å²) >= 11 is 0. The van der Waals surface area contributed by atoms with Gasteiger partial charge in [0.15, 0.2) is 0 Å². The van der Waals surface area contributed by atoms with Crippen LogP contribution in [0.3, 0.4) is 0 Å². The number of nitrogens with one attached hydrogen (secondary N) is 1. The van der Waals surface area contributed by atoms with Crippen molar-refractivity contribution in [1.82, 2.24) is 10.2 Å². The summed E-state index contributed by atoms with van der Waals surface area (Å²) in [6, 6.07) is -0.568.